The van der Waals surface area contributed by atoms with Crippen LogP contribution < -0.4 is 0 Å². The molecule has 0 atom stereocenters. The number of esters is 2. The lowest BCUT2D eigenvalue weighted by Gasteiger charge is -2.01. The molecule has 0 fully saturated rings. The maximum atomic E-state index is 11.1. The first-order chi connectivity index (χ1) is 11.8. The summed E-state index contributed by atoms with van der Waals surface area (Å²) in [6, 6.07) is 0. The van der Waals surface area contributed by atoms with Gasteiger partial charge in [0.2, 0.25) is 0 Å². The molecule has 0 radical (unpaired) electrons. The molecule has 0 aromatic carbocycles. The van der Waals surface area contributed by atoms with Crippen LogP contribution in [0.2, 0.25) is 0 Å². The fourth-order valence-corrected chi connectivity index (χ4v) is 0.980. The largest absolute Gasteiger partial charge is 0.478 e. The summed E-state index contributed by atoms with van der Waals surface area (Å²) in [5.41, 5.74) is -0.745. The summed E-state index contributed by atoms with van der Waals surface area (Å²) >= 11 is 0. The highest BCUT2D eigenvalue weighted by Gasteiger charge is 2.15. The third-order valence-corrected chi connectivity index (χ3v) is 2.19. The van der Waals surface area contributed by atoms with E-state index in [4.69, 9.17) is 20.4 Å². The summed E-state index contributed by atoms with van der Waals surface area (Å²) in [7, 11) is 0. The highest BCUT2D eigenvalue weighted by molar-refractivity contribution is 6.05. The summed E-state index contributed by atoms with van der Waals surface area (Å²) in [6.07, 6.45) is 1.79. The van der Waals surface area contributed by atoms with Gasteiger partial charge in [0.05, 0.1) is 0 Å². The number of hydrogen-bond donors (Lipinski definition) is 4. The Kier molecular flexibility index (Phi) is 11.0. The van der Waals surface area contributed by atoms with E-state index >= 15 is 0 Å². The zero-order valence-corrected chi connectivity index (χ0v) is 13.9. The van der Waals surface area contributed by atoms with Gasteiger partial charge >= 0.3 is 35.8 Å². The van der Waals surface area contributed by atoms with E-state index in [2.05, 4.69) is 4.74 Å². The summed E-state index contributed by atoms with van der Waals surface area (Å²) in [5, 5.41) is 32.8. The molecule has 0 saturated heterocycles. The van der Waals surface area contributed by atoms with E-state index in [1.165, 1.54) is 6.92 Å². The van der Waals surface area contributed by atoms with Crippen molar-refractivity contribution in [2.24, 2.45) is 0 Å². The molecule has 4 N–H and O–H groups in total. The van der Waals surface area contributed by atoms with Crippen LogP contribution >= 0.6 is 0 Å². The zero-order valence-electron chi connectivity index (χ0n) is 13.9. The molecule has 0 amide bonds. The molecule has 0 aromatic heterocycles. The van der Waals surface area contributed by atoms with Gasteiger partial charge in [-0.15, -0.1) is 0 Å². The van der Waals surface area contributed by atoms with Crippen LogP contribution in [0, 0.1) is 0 Å². The maximum Gasteiger partial charge on any atom is 0.341 e. The van der Waals surface area contributed by atoms with Crippen molar-refractivity contribution in [2.45, 2.75) is 20.8 Å². The number of ether oxygens (including phenoxy) is 1. The average molecular weight is 372 g/mol. The van der Waals surface area contributed by atoms with E-state index in [1.807, 2.05) is 0 Å². The quantitative estimate of drug-likeness (QED) is 0.283. The minimum atomic E-state index is -1.36. The zero-order chi connectivity index (χ0) is 21.0. The van der Waals surface area contributed by atoms with E-state index in [0.29, 0.717) is 18.2 Å². The van der Waals surface area contributed by atoms with Gasteiger partial charge in [-0.25, -0.2) is 28.8 Å². The monoisotopic (exact) mass is 372 g/mol. The van der Waals surface area contributed by atoms with Crippen molar-refractivity contribution in [3.63, 3.8) is 0 Å². The van der Waals surface area contributed by atoms with Gasteiger partial charge in [0, 0.05) is 34.9 Å². The van der Waals surface area contributed by atoms with Gasteiger partial charge in [-0.3, -0.25) is 0 Å². The molecule has 0 heterocycles. The Morgan fingerprint density at radius 1 is 0.577 bits per heavy atom. The SMILES string of the molecule is C/C(=C/C(=O)O)C(=O)O.C/C(=C/C(=O)O)C(=O)OC(=O)/C(C)=C\C(=O)O. The van der Waals surface area contributed by atoms with Crippen molar-refractivity contribution in [3.05, 3.63) is 34.9 Å². The minimum Gasteiger partial charge on any atom is -0.478 e. The molecule has 0 spiro atoms. The Hall–Kier alpha value is -3.76. The second-order valence-corrected chi connectivity index (χ2v) is 4.48. The molecular formula is C15H16O11. The van der Waals surface area contributed by atoms with Crippen LogP contribution in [-0.4, -0.2) is 56.2 Å². The van der Waals surface area contributed by atoms with Gasteiger partial charge in [-0.05, 0) is 20.8 Å². The number of carbonyl (C=O) groups is 6. The fourth-order valence-electron chi connectivity index (χ4n) is 0.980. The van der Waals surface area contributed by atoms with Crippen molar-refractivity contribution in [1.82, 2.24) is 0 Å². The van der Waals surface area contributed by atoms with E-state index < -0.39 is 35.8 Å². The normalized spacial score (nSPS) is 11.6. The lowest BCUT2D eigenvalue weighted by molar-refractivity contribution is -0.154. The van der Waals surface area contributed by atoms with Crippen molar-refractivity contribution < 1.29 is 53.9 Å². The average Bonchev–Trinajstić information content (AvgIpc) is 2.45. The molecule has 11 heteroatoms. The van der Waals surface area contributed by atoms with Crippen LogP contribution in [0.1, 0.15) is 20.8 Å². The summed E-state index contributed by atoms with van der Waals surface area (Å²) in [5.74, 6) is -7.45. The standard InChI is InChI=1S/C10H10O7.C5H6O4/c1-5(3-7(11)12)9(15)17-10(16)6(2)4-8(13)14;1-3(5(8)9)2-4(6)7/h3-4H,1-2H3,(H,11,12)(H,13,14);2H,1H3,(H,6,7)(H,8,9)/b5-3-,6-4-;3-2-. The van der Waals surface area contributed by atoms with Crippen molar-refractivity contribution in [3.8, 4) is 0 Å². The first-order valence-electron chi connectivity index (χ1n) is 6.51. The van der Waals surface area contributed by atoms with Crippen LogP contribution in [0.25, 0.3) is 0 Å². The molecule has 11 nitrogen and oxygen atoms in total. The molecular weight excluding hydrogens is 356 g/mol. The molecule has 0 aliphatic carbocycles. The molecule has 26 heavy (non-hydrogen) atoms. The maximum absolute atomic E-state index is 11.1. The van der Waals surface area contributed by atoms with Gasteiger partial charge < -0.3 is 25.2 Å². The number of carboxylic acid groups (broad SMARTS) is 4. The molecule has 0 saturated carbocycles. The number of rotatable bonds is 6. The van der Waals surface area contributed by atoms with E-state index in [9.17, 15) is 28.8 Å². The highest BCUT2D eigenvalue weighted by atomic mass is 16.6. The van der Waals surface area contributed by atoms with Crippen molar-refractivity contribution in [2.75, 3.05) is 0 Å². The molecule has 0 aliphatic heterocycles. The van der Waals surface area contributed by atoms with Gasteiger partial charge in [-0.1, -0.05) is 0 Å². The second-order valence-electron chi connectivity index (χ2n) is 4.48. The minimum absolute atomic E-state index is 0.178. The summed E-state index contributed by atoms with van der Waals surface area (Å²) in [4.78, 5) is 62.4. The van der Waals surface area contributed by atoms with Gasteiger partial charge in [0.25, 0.3) is 0 Å². The van der Waals surface area contributed by atoms with Crippen LogP contribution in [0.5, 0.6) is 0 Å². The lowest BCUT2D eigenvalue weighted by Crippen LogP contribution is -2.15. The fraction of sp³-hybridized carbons (Fsp3) is 0.200. The van der Waals surface area contributed by atoms with E-state index in [1.54, 1.807) is 0 Å². The Labute approximate surface area is 146 Å². The summed E-state index contributed by atoms with van der Waals surface area (Å²) < 4.78 is 4.23. The first kappa shape index (κ1) is 24.5. The number of carboxylic acids is 4. The molecule has 0 aliphatic rings. The lowest BCUT2D eigenvalue weighted by atomic mass is 10.2. The second kappa shape index (κ2) is 11.7. The number of carbonyl (C=O) groups excluding carboxylic acids is 2. The Balaban J connectivity index is 0. The predicted octanol–water partition coefficient (Wildman–Crippen LogP) is 0.220. The Bertz CT molecular complexity index is 667. The molecule has 0 rings (SSSR count). The van der Waals surface area contributed by atoms with E-state index in [0.717, 1.165) is 13.8 Å². The molecule has 142 valence electrons. The Morgan fingerprint density at radius 2 is 0.846 bits per heavy atom. The molecule has 0 aromatic rings. The number of hydrogen-bond acceptors (Lipinski definition) is 7. The van der Waals surface area contributed by atoms with Crippen molar-refractivity contribution >= 4 is 35.8 Å². The van der Waals surface area contributed by atoms with Crippen LogP contribution in [0.4, 0.5) is 0 Å². The van der Waals surface area contributed by atoms with Gasteiger partial charge in [0.1, 0.15) is 0 Å². The topological polar surface area (TPSA) is 193 Å². The third-order valence-electron chi connectivity index (χ3n) is 2.19. The van der Waals surface area contributed by atoms with Crippen molar-refractivity contribution in [1.29, 1.82) is 0 Å². The molecule has 0 unspecified atom stereocenters. The number of aliphatic carboxylic acids is 4. The van der Waals surface area contributed by atoms with E-state index in [-0.39, 0.29) is 16.7 Å². The third kappa shape index (κ3) is 12.8. The smallest absolute Gasteiger partial charge is 0.341 e. The van der Waals surface area contributed by atoms with Crippen LogP contribution in [0.15, 0.2) is 34.9 Å². The van der Waals surface area contributed by atoms with Gasteiger partial charge in [0.15, 0.2) is 0 Å². The van der Waals surface area contributed by atoms with Crippen LogP contribution in [-0.2, 0) is 33.5 Å². The van der Waals surface area contributed by atoms with Gasteiger partial charge in [-0.2, -0.15) is 0 Å². The Morgan fingerprint density at radius 3 is 1.04 bits per heavy atom. The predicted molar refractivity (Wildman–Crippen MR) is 82.9 cm³/mol. The molecule has 0 bridgehead atoms. The summed E-state index contributed by atoms with van der Waals surface area (Å²) in [6.45, 7) is 3.52. The highest BCUT2D eigenvalue weighted by Crippen LogP contribution is 2.02. The first-order valence-corrected chi connectivity index (χ1v) is 6.51. The van der Waals surface area contributed by atoms with Crippen LogP contribution in [0.3, 0.4) is 0 Å².